The smallest absolute Gasteiger partial charge is 0.208 e. The molecule has 3 atom stereocenters. The van der Waals surface area contributed by atoms with Crippen molar-refractivity contribution in [3.05, 3.63) is 24.3 Å². The van der Waals surface area contributed by atoms with Gasteiger partial charge in [0.05, 0.1) is 9.79 Å². The second-order valence-corrected chi connectivity index (χ2v) is 10.7. The first kappa shape index (κ1) is 21.3. The van der Waals surface area contributed by atoms with E-state index in [1.54, 1.807) is 13.8 Å². The highest BCUT2D eigenvalue weighted by atomic mass is 32.2. The monoisotopic (exact) mass is 402 g/mol. The van der Waals surface area contributed by atoms with Crippen molar-refractivity contribution < 1.29 is 16.8 Å². The summed E-state index contributed by atoms with van der Waals surface area (Å²) < 4.78 is 54.6. The molecule has 1 aromatic rings. The van der Waals surface area contributed by atoms with Crippen LogP contribution in [-0.4, -0.2) is 40.3 Å². The molecular weight excluding hydrogens is 372 g/mol. The van der Waals surface area contributed by atoms with Gasteiger partial charge in [0.2, 0.25) is 20.0 Å². The van der Waals surface area contributed by atoms with Gasteiger partial charge < -0.3 is 0 Å². The summed E-state index contributed by atoms with van der Waals surface area (Å²) in [7, 11) is -7.26. The molecule has 2 rings (SSSR count). The van der Waals surface area contributed by atoms with Gasteiger partial charge in [-0.3, -0.25) is 0 Å². The van der Waals surface area contributed by atoms with Gasteiger partial charge >= 0.3 is 0 Å². The molecule has 1 N–H and O–H groups in total. The fourth-order valence-corrected chi connectivity index (χ4v) is 6.34. The lowest BCUT2D eigenvalue weighted by Crippen LogP contribution is -2.43. The molecule has 0 unspecified atom stereocenters. The van der Waals surface area contributed by atoms with Gasteiger partial charge in [-0.2, -0.15) is 4.31 Å². The predicted octanol–water partition coefficient (Wildman–Crippen LogP) is 2.82. The van der Waals surface area contributed by atoms with E-state index in [-0.39, 0.29) is 21.8 Å². The number of hydrogen-bond donors (Lipinski definition) is 1. The molecule has 0 amide bonds. The average Bonchev–Trinajstić information content (AvgIpc) is 2.60. The van der Waals surface area contributed by atoms with Gasteiger partial charge in [0.1, 0.15) is 0 Å². The van der Waals surface area contributed by atoms with Gasteiger partial charge in [-0.25, -0.2) is 21.6 Å². The zero-order chi connectivity index (χ0) is 19.5. The van der Waals surface area contributed by atoms with Gasteiger partial charge in [-0.1, -0.05) is 40.5 Å². The van der Waals surface area contributed by atoms with Crippen molar-refractivity contribution in [2.45, 2.75) is 62.8 Å². The van der Waals surface area contributed by atoms with Crippen LogP contribution in [0.15, 0.2) is 34.1 Å². The summed E-state index contributed by atoms with van der Waals surface area (Å²) >= 11 is 0. The van der Waals surface area contributed by atoms with Crippen molar-refractivity contribution >= 4 is 20.0 Å². The van der Waals surface area contributed by atoms with Crippen LogP contribution in [0.5, 0.6) is 0 Å². The van der Waals surface area contributed by atoms with Crippen molar-refractivity contribution in [2.24, 2.45) is 11.8 Å². The zero-order valence-electron chi connectivity index (χ0n) is 16.0. The Morgan fingerprint density at radius 2 is 1.50 bits per heavy atom. The number of nitrogens with zero attached hydrogens (tertiary/aromatic N) is 1. The van der Waals surface area contributed by atoms with E-state index in [0.29, 0.717) is 19.0 Å². The minimum Gasteiger partial charge on any atom is -0.208 e. The van der Waals surface area contributed by atoms with Gasteiger partial charge in [0.15, 0.2) is 0 Å². The third-order valence-electron chi connectivity index (χ3n) is 5.49. The Morgan fingerprint density at radius 1 is 0.962 bits per heavy atom. The number of nitrogens with one attached hydrogen (secondary N) is 1. The van der Waals surface area contributed by atoms with Crippen molar-refractivity contribution in [3.63, 3.8) is 0 Å². The fourth-order valence-electron chi connectivity index (χ4n) is 3.52. The Bertz CT molecular complexity index is 800. The first-order valence-corrected chi connectivity index (χ1v) is 12.2. The van der Waals surface area contributed by atoms with Crippen molar-refractivity contribution in [2.75, 3.05) is 13.1 Å². The number of sulfonamides is 2. The highest BCUT2D eigenvalue weighted by Crippen LogP contribution is 2.30. The molecule has 1 fully saturated rings. The average molecular weight is 403 g/mol. The molecule has 0 aliphatic heterocycles. The van der Waals surface area contributed by atoms with E-state index in [4.69, 9.17) is 0 Å². The number of hydrogen-bond acceptors (Lipinski definition) is 4. The molecule has 6 nitrogen and oxygen atoms in total. The third kappa shape index (κ3) is 4.47. The zero-order valence-corrected chi connectivity index (χ0v) is 17.6. The molecule has 26 heavy (non-hydrogen) atoms. The molecule has 8 heteroatoms. The lowest BCUT2D eigenvalue weighted by atomic mass is 9.78. The van der Waals surface area contributed by atoms with Crippen LogP contribution in [0.1, 0.15) is 47.0 Å². The number of benzene rings is 1. The summed E-state index contributed by atoms with van der Waals surface area (Å²) in [6.45, 7) is 8.53. The van der Waals surface area contributed by atoms with Crippen LogP contribution >= 0.6 is 0 Å². The van der Waals surface area contributed by atoms with E-state index in [1.807, 2.05) is 0 Å². The summed E-state index contributed by atoms with van der Waals surface area (Å²) in [5.41, 5.74) is 0. The maximum absolute atomic E-state index is 12.7. The van der Waals surface area contributed by atoms with Crippen LogP contribution < -0.4 is 4.72 Å². The van der Waals surface area contributed by atoms with E-state index < -0.39 is 20.0 Å². The van der Waals surface area contributed by atoms with Crippen LogP contribution in [0, 0.1) is 11.8 Å². The van der Waals surface area contributed by atoms with Crippen LogP contribution in [0.25, 0.3) is 0 Å². The molecule has 0 radical (unpaired) electrons. The quantitative estimate of drug-likeness (QED) is 0.760. The topological polar surface area (TPSA) is 83.6 Å². The lowest BCUT2D eigenvalue weighted by Gasteiger charge is -2.34. The second kappa shape index (κ2) is 8.37. The van der Waals surface area contributed by atoms with Crippen LogP contribution in [0.3, 0.4) is 0 Å². The molecule has 0 saturated heterocycles. The largest absolute Gasteiger partial charge is 0.243 e. The Hall–Kier alpha value is -0.960. The van der Waals surface area contributed by atoms with E-state index in [9.17, 15) is 16.8 Å². The van der Waals surface area contributed by atoms with E-state index >= 15 is 0 Å². The molecular formula is C18H30N2O4S2. The third-order valence-corrected chi connectivity index (χ3v) is 9.06. The summed E-state index contributed by atoms with van der Waals surface area (Å²) in [6.07, 6.45) is 2.97. The van der Waals surface area contributed by atoms with Gasteiger partial charge in [0, 0.05) is 19.1 Å². The minimum absolute atomic E-state index is 0.0807. The maximum atomic E-state index is 12.7. The summed E-state index contributed by atoms with van der Waals surface area (Å²) in [5, 5.41) is 0. The number of rotatable bonds is 7. The molecule has 1 aliphatic rings. The summed E-state index contributed by atoms with van der Waals surface area (Å²) in [4.78, 5) is 0.209. The summed E-state index contributed by atoms with van der Waals surface area (Å²) in [5.74, 6) is 0.763. The van der Waals surface area contributed by atoms with Gasteiger partial charge in [-0.15, -0.1) is 0 Å². The molecule has 148 valence electrons. The fraction of sp³-hybridized carbons (Fsp3) is 0.667. The SMILES string of the molecule is CCN(CC)S(=O)(=O)c1ccc(S(=O)(=O)N[C@H]2CCC[C@@H](C)[C@@H]2C)cc1. The van der Waals surface area contributed by atoms with Crippen LogP contribution in [-0.2, 0) is 20.0 Å². The molecule has 1 aliphatic carbocycles. The maximum Gasteiger partial charge on any atom is 0.243 e. The molecule has 0 heterocycles. The van der Waals surface area contributed by atoms with Gasteiger partial charge in [-0.05, 0) is 42.5 Å². The van der Waals surface area contributed by atoms with Crippen LogP contribution in [0.2, 0.25) is 0 Å². The Morgan fingerprint density at radius 3 is 2.04 bits per heavy atom. The molecule has 0 bridgehead atoms. The molecule has 0 aromatic heterocycles. The van der Waals surface area contributed by atoms with Crippen molar-refractivity contribution in [1.29, 1.82) is 0 Å². The lowest BCUT2D eigenvalue weighted by molar-refractivity contribution is 0.227. The van der Waals surface area contributed by atoms with Crippen LogP contribution in [0.4, 0.5) is 0 Å². The van der Waals surface area contributed by atoms with Gasteiger partial charge in [0.25, 0.3) is 0 Å². The molecule has 1 saturated carbocycles. The molecule has 0 spiro atoms. The van der Waals surface area contributed by atoms with Crippen molar-refractivity contribution in [3.8, 4) is 0 Å². The normalized spacial score (nSPS) is 24.7. The summed E-state index contributed by atoms with van der Waals surface area (Å²) in [6, 6.07) is 5.40. The Kier molecular flexibility index (Phi) is 6.87. The first-order valence-electron chi connectivity index (χ1n) is 9.26. The Labute approximate surface area is 158 Å². The highest BCUT2D eigenvalue weighted by molar-refractivity contribution is 7.89. The Balaban J connectivity index is 2.21. The standard InChI is InChI=1S/C18H30N2O4S2/c1-5-20(6-2)26(23,24)17-12-10-16(11-13-17)25(21,22)19-18-9-7-8-14(3)15(18)4/h10-15,18-19H,5-9H2,1-4H3/t14-,15+,18+/m1/s1. The van der Waals surface area contributed by atoms with E-state index in [0.717, 1.165) is 19.3 Å². The van der Waals surface area contributed by atoms with Crippen molar-refractivity contribution in [1.82, 2.24) is 9.03 Å². The van der Waals surface area contributed by atoms with E-state index in [1.165, 1.54) is 28.6 Å². The van der Waals surface area contributed by atoms with E-state index in [2.05, 4.69) is 18.6 Å². The highest BCUT2D eigenvalue weighted by Gasteiger charge is 2.31. The molecule has 1 aromatic carbocycles. The second-order valence-electron chi connectivity index (χ2n) is 7.06. The predicted molar refractivity (Wildman–Crippen MR) is 103 cm³/mol. The minimum atomic E-state index is -3.67. The first-order chi connectivity index (χ1) is 12.1.